The average molecular weight is 200 g/mol. The van der Waals surface area contributed by atoms with Crippen molar-refractivity contribution in [3.05, 3.63) is 29.3 Å². The molecule has 0 heterocycles. The lowest BCUT2D eigenvalue weighted by Gasteiger charge is -2.13. The Kier molecular flexibility index (Phi) is 3.23. The number of hydrogen-bond acceptors (Lipinski definition) is 2. The van der Waals surface area contributed by atoms with E-state index in [0.29, 0.717) is 6.07 Å². The summed E-state index contributed by atoms with van der Waals surface area (Å²) in [6, 6.07) is 1.75. The molecule has 0 radical (unpaired) electrons. The Morgan fingerprint density at radius 2 is 1.79 bits per heavy atom. The lowest BCUT2D eigenvalue weighted by atomic mass is 9.74. The molecule has 0 bridgehead atoms. The lowest BCUT2D eigenvalue weighted by Crippen LogP contribution is -2.36. The van der Waals surface area contributed by atoms with Crippen LogP contribution in [-0.4, -0.2) is 17.2 Å². The molecule has 0 saturated heterocycles. The van der Waals surface area contributed by atoms with Crippen molar-refractivity contribution in [2.75, 3.05) is 0 Å². The van der Waals surface area contributed by atoms with Crippen LogP contribution in [0.4, 0.5) is 8.78 Å². The second-order valence-corrected chi connectivity index (χ2v) is 3.42. The maximum atomic E-state index is 13.2. The molecule has 0 fully saturated rings. The van der Waals surface area contributed by atoms with E-state index >= 15 is 0 Å². The summed E-state index contributed by atoms with van der Waals surface area (Å²) >= 11 is 0. The van der Waals surface area contributed by atoms with E-state index in [2.05, 4.69) is 0 Å². The van der Waals surface area contributed by atoms with Gasteiger partial charge in [-0.1, -0.05) is 13.8 Å². The third-order valence-electron chi connectivity index (χ3n) is 2.01. The van der Waals surface area contributed by atoms with E-state index in [1.54, 1.807) is 13.8 Å². The van der Waals surface area contributed by atoms with Crippen LogP contribution in [0, 0.1) is 11.6 Å². The van der Waals surface area contributed by atoms with Crippen molar-refractivity contribution in [2.24, 2.45) is 0 Å². The first-order valence-electron chi connectivity index (χ1n) is 4.28. The fraction of sp³-hybridized carbons (Fsp3) is 0.333. The van der Waals surface area contributed by atoms with Crippen molar-refractivity contribution in [1.82, 2.24) is 0 Å². The zero-order chi connectivity index (χ0) is 10.9. The molecule has 0 atom stereocenters. The van der Waals surface area contributed by atoms with Crippen molar-refractivity contribution in [3.8, 4) is 0 Å². The minimum Gasteiger partial charge on any atom is -0.423 e. The van der Waals surface area contributed by atoms with Crippen LogP contribution in [0.3, 0.4) is 0 Å². The van der Waals surface area contributed by atoms with Crippen molar-refractivity contribution in [3.63, 3.8) is 0 Å². The van der Waals surface area contributed by atoms with E-state index in [-0.39, 0.29) is 16.9 Å². The fourth-order valence-electron chi connectivity index (χ4n) is 1.35. The number of benzene rings is 1. The Hall–Kier alpha value is -0.935. The van der Waals surface area contributed by atoms with E-state index < -0.39 is 18.8 Å². The molecule has 0 saturated carbocycles. The summed E-state index contributed by atoms with van der Waals surface area (Å²) < 4.78 is 26.0. The van der Waals surface area contributed by atoms with Gasteiger partial charge >= 0.3 is 7.12 Å². The SMILES string of the molecule is CC(C)c1cc(F)cc(F)c1B(O)O. The highest BCUT2D eigenvalue weighted by Gasteiger charge is 2.23. The quantitative estimate of drug-likeness (QED) is 0.692. The van der Waals surface area contributed by atoms with Crippen molar-refractivity contribution in [2.45, 2.75) is 19.8 Å². The molecule has 0 spiro atoms. The number of rotatable bonds is 2. The predicted octanol–water partition coefficient (Wildman–Crippen LogP) is 0.768. The summed E-state index contributed by atoms with van der Waals surface area (Å²) in [6.07, 6.45) is 0. The van der Waals surface area contributed by atoms with E-state index in [9.17, 15) is 8.78 Å². The van der Waals surface area contributed by atoms with E-state index in [4.69, 9.17) is 10.0 Å². The molecular formula is C9H11BF2O2. The molecule has 0 amide bonds. The molecule has 0 aliphatic rings. The van der Waals surface area contributed by atoms with E-state index in [1.165, 1.54) is 0 Å². The number of halogens is 2. The standard InChI is InChI=1S/C9H11BF2O2/c1-5(2)7-3-6(11)4-8(12)9(7)10(13)14/h3-5,13-14H,1-2H3. The molecule has 1 aromatic carbocycles. The van der Waals surface area contributed by atoms with Crippen molar-refractivity contribution >= 4 is 12.6 Å². The summed E-state index contributed by atoms with van der Waals surface area (Å²) in [5, 5.41) is 17.8. The summed E-state index contributed by atoms with van der Waals surface area (Å²) in [6.45, 7) is 3.44. The molecular weight excluding hydrogens is 189 g/mol. The van der Waals surface area contributed by atoms with Gasteiger partial charge in [-0.15, -0.1) is 0 Å². The van der Waals surface area contributed by atoms with Crippen LogP contribution in [-0.2, 0) is 0 Å². The van der Waals surface area contributed by atoms with E-state index in [0.717, 1.165) is 6.07 Å². The summed E-state index contributed by atoms with van der Waals surface area (Å²) in [4.78, 5) is 0. The molecule has 0 aliphatic carbocycles. The van der Waals surface area contributed by atoms with Gasteiger partial charge in [0.15, 0.2) is 0 Å². The molecule has 14 heavy (non-hydrogen) atoms. The van der Waals surface area contributed by atoms with Crippen LogP contribution in [0.2, 0.25) is 0 Å². The topological polar surface area (TPSA) is 40.5 Å². The lowest BCUT2D eigenvalue weighted by molar-refractivity contribution is 0.422. The maximum Gasteiger partial charge on any atom is 0.491 e. The first-order valence-corrected chi connectivity index (χ1v) is 4.28. The molecule has 0 unspecified atom stereocenters. The zero-order valence-electron chi connectivity index (χ0n) is 7.96. The molecule has 1 aromatic rings. The van der Waals surface area contributed by atoms with Crippen LogP contribution in [0.5, 0.6) is 0 Å². The van der Waals surface area contributed by atoms with E-state index in [1.807, 2.05) is 0 Å². The minimum absolute atomic E-state index is 0.169. The molecule has 0 aliphatic heterocycles. The highest BCUT2D eigenvalue weighted by atomic mass is 19.1. The van der Waals surface area contributed by atoms with Gasteiger partial charge in [0.1, 0.15) is 11.6 Å². The maximum absolute atomic E-state index is 13.2. The Bertz CT molecular complexity index is 340. The monoisotopic (exact) mass is 200 g/mol. The average Bonchev–Trinajstić information content (AvgIpc) is 2.01. The summed E-state index contributed by atoms with van der Waals surface area (Å²) in [5.41, 5.74) is 0.0268. The first-order chi connectivity index (χ1) is 6.43. The first kappa shape index (κ1) is 11.1. The van der Waals surface area contributed by atoms with Crippen LogP contribution < -0.4 is 5.46 Å². The third kappa shape index (κ3) is 2.11. The predicted molar refractivity (Wildman–Crippen MR) is 50.3 cm³/mol. The van der Waals surface area contributed by atoms with Gasteiger partial charge in [0.25, 0.3) is 0 Å². The fourth-order valence-corrected chi connectivity index (χ4v) is 1.35. The largest absolute Gasteiger partial charge is 0.491 e. The Labute approximate surface area is 81.3 Å². The Balaban J connectivity index is 3.37. The molecule has 2 N–H and O–H groups in total. The van der Waals surface area contributed by atoms with Gasteiger partial charge in [0.05, 0.1) is 0 Å². The van der Waals surface area contributed by atoms with Gasteiger partial charge in [-0.3, -0.25) is 0 Å². The second-order valence-electron chi connectivity index (χ2n) is 3.42. The number of hydrogen-bond donors (Lipinski definition) is 2. The van der Waals surface area contributed by atoms with Crippen LogP contribution in [0.15, 0.2) is 12.1 Å². The van der Waals surface area contributed by atoms with Gasteiger partial charge in [-0.2, -0.15) is 0 Å². The van der Waals surface area contributed by atoms with Gasteiger partial charge in [-0.05, 0) is 17.5 Å². The molecule has 5 heteroatoms. The van der Waals surface area contributed by atoms with Gasteiger partial charge in [0, 0.05) is 11.5 Å². The molecule has 1 rings (SSSR count). The third-order valence-corrected chi connectivity index (χ3v) is 2.01. The molecule has 76 valence electrons. The Morgan fingerprint density at radius 3 is 2.21 bits per heavy atom. The molecule has 0 aromatic heterocycles. The summed E-state index contributed by atoms with van der Waals surface area (Å²) in [7, 11) is -1.91. The zero-order valence-corrected chi connectivity index (χ0v) is 7.96. The van der Waals surface area contributed by atoms with Crippen molar-refractivity contribution in [1.29, 1.82) is 0 Å². The smallest absolute Gasteiger partial charge is 0.423 e. The van der Waals surface area contributed by atoms with Crippen LogP contribution >= 0.6 is 0 Å². The van der Waals surface area contributed by atoms with Crippen LogP contribution in [0.25, 0.3) is 0 Å². The van der Waals surface area contributed by atoms with Crippen LogP contribution in [0.1, 0.15) is 25.3 Å². The minimum atomic E-state index is -1.91. The second kappa shape index (κ2) is 4.06. The molecule has 2 nitrogen and oxygen atoms in total. The highest BCUT2D eigenvalue weighted by molar-refractivity contribution is 6.59. The van der Waals surface area contributed by atoms with Gasteiger partial charge in [-0.25, -0.2) is 8.78 Å². The summed E-state index contributed by atoms with van der Waals surface area (Å²) in [5.74, 6) is -1.81. The van der Waals surface area contributed by atoms with Crippen molar-refractivity contribution < 1.29 is 18.8 Å². The highest BCUT2D eigenvalue weighted by Crippen LogP contribution is 2.15. The Morgan fingerprint density at radius 1 is 1.21 bits per heavy atom. The normalized spacial score (nSPS) is 10.8. The van der Waals surface area contributed by atoms with Gasteiger partial charge in [0.2, 0.25) is 0 Å². The van der Waals surface area contributed by atoms with Gasteiger partial charge < -0.3 is 10.0 Å².